The van der Waals surface area contributed by atoms with Gasteiger partial charge in [-0.2, -0.15) is 0 Å². The minimum absolute atomic E-state index is 0.00880. The van der Waals surface area contributed by atoms with Crippen molar-refractivity contribution in [3.05, 3.63) is 0 Å². The van der Waals surface area contributed by atoms with Crippen LogP contribution in [0.3, 0.4) is 0 Å². The number of ether oxygens (including phenoxy) is 1. The molecule has 0 aromatic rings. The van der Waals surface area contributed by atoms with Crippen LogP contribution in [0.4, 0.5) is 8.78 Å². The van der Waals surface area contributed by atoms with Crippen molar-refractivity contribution in [3.8, 4) is 0 Å². The number of amides is 4. The zero-order chi connectivity index (χ0) is 30.0. The molecule has 4 N–H and O–H groups in total. The van der Waals surface area contributed by atoms with E-state index in [4.69, 9.17) is 15.3 Å². The smallest absolute Gasteiger partial charge is 0.253 e. The molecule has 0 aromatic heterocycles. The summed E-state index contributed by atoms with van der Waals surface area (Å²) >= 11 is 0. The molecular weight excluding hydrogens is 514 g/mol. The van der Waals surface area contributed by atoms with E-state index in [2.05, 4.69) is 31.4 Å². The first-order chi connectivity index (χ1) is 18.3. The molecule has 2 aliphatic heterocycles. The molecule has 2 aliphatic carbocycles. The van der Waals surface area contributed by atoms with Gasteiger partial charge in [0, 0.05) is 37.4 Å². The van der Waals surface area contributed by atoms with E-state index in [1.165, 1.54) is 0 Å². The molecular formula is C27H46F2N4O6. The molecule has 3 unspecified atom stereocenters. The molecule has 0 bridgehead atoms. The van der Waals surface area contributed by atoms with Crippen molar-refractivity contribution < 1.29 is 37.5 Å². The fraction of sp³-hybridized carbons (Fsp3) is 0.815. The van der Waals surface area contributed by atoms with Gasteiger partial charge in [-0.3, -0.25) is 19.2 Å². The van der Waals surface area contributed by atoms with Gasteiger partial charge in [0.25, 0.3) is 5.92 Å². The highest BCUT2D eigenvalue weighted by molar-refractivity contribution is 5.86. The van der Waals surface area contributed by atoms with Crippen LogP contribution in [-0.4, -0.2) is 79.1 Å². The standard InChI is InChI=1S/C14H23F2NO2.C10H15N3O3.C2H6.CH2O/c1-10-8-17(9-13(10,2)3)12(18)4-5-19-11-6-14(15,16)7-11;11-8(15)7(12-5-14)3-6-4-10(1-2-10)13-9(6)16;2*1-2/h10-11H,4-9H2,1-3H3;5-7H,1-4H2,(H2,11,15)(H,12,14)(H,13,16);1-2H3;1H2. The van der Waals surface area contributed by atoms with Gasteiger partial charge < -0.3 is 30.8 Å². The van der Waals surface area contributed by atoms with Gasteiger partial charge in [0.1, 0.15) is 12.8 Å². The molecule has 3 atom stereocenters. The maximum Gasteiger partial charge on any atom is 0.253 e. The maximum absolute atomic E-state index is 12.6. The number of nitrogens with two attached hydrogens (primary N) is 1. The van der Waals surface area contributed by atoms with E-state index in [-0.39, 0.29) is 54.2 Å². The Morgan fingerprint density at radius 1 is 1.23 bits per heavy atom. The van der Waals surface area contributed by atoms with Crippen LogP contribution in [0.25, 0.3) is 0 Å². The number of hydrogen-bond acceptors (Lipinski definition) is 6. The molecule has 224 valence electrons. The number of alkyl halides is 2. The largest absolute Gasteiger partial charge is 0.377 e. The van der Waals surface area contributed by atoms with Crippen molar-refractivity contribution in [3.63, 3.8) is 0 Å². The molecule has 2 heterocycles. The number of carbonyl (C=O) groups is 5. The summed E-state index contributed by atoms with van der Waals surface area (Å²) < 4.78 is 30.5. The van der Waals surface area contributed by atoms with Gasteiger partial charge in [0.05, 0.1) is 19.1 Å². The lowest BCUT2D eigenvalue weighted by Gasteiger charge is -2.34. The predicted octanol–water partition coefficient (Wildman–Crippen LogP) is 2.18. The predicted molar refractivity (Wildman–Crippen MR) is 142 cm³/mol. The zero-order valence-corrected chi connectivity index (χ0v) is 23.9. The van der Waals surface area contributed by atoms with E-state index in [0.717, 1.165) is 32.4 Å². The van der Waals surface area contributed by atoms with Crippen molar-refractivity contribution in [2.45, 2.75) is 103 Å². The molecule has 4 aliphatic rings. The molecule has 1 spiro atoms. The minimum Gasteiger partial charge on any atom is -0.377 e. The van der Waals surface area contributed by atoms with E-state index >= 15 is 0 Å². The number of rotatable bonds is 9. The Morgan fingerprint density at radius 2 is 1.82 bits per heavy atom. The third-order valence-corrected chi connectivity index (χ3v) is 7.88. The van der Waals surface area contributed by atoms with Crippen LogP contribution in [0.2, 0.25) is 0 Å². The third-order valence-electron chi connectivity index (χ3n) is 7.88. The Hall–Kier alpha value is -2.63. The number of hydrogen-bond donors (Lipinski definition) is 3. The number of carbonyl (C=O) groups excluding carboxylic acids is 5. The summed E-state index contributed by atoms with van der Waals surface area (Å²) in [6, 6.07) is -0.748. The Labute approximate surface area is 230 Å². The molecule has 2 saturated heterocycles. The quantitative estimate of drug-likeness (QED) is 0.368. The SMILES string of the molecule is C=O.CC.CC1CN(C(=O)CCOC2CC(F)(F)C2)CC1(C)C.NC(=O)C(CC1CC2(CC2)NC1=O)NC=O. The number of likely N-dealkylation sites (tertiary alicyclic amines) is 1. The Bertz CT molecular complexity index is 844. The molecule has 39 heavy (non-hydrogen) atoms. The Balaban J connectivity index is 0.000000350. The van der Waals surface area contributed by atoms with E-state index in [1.807, 2.05) is 25.5 Å². The average Bonchev–Trinajstić information content (AvgIpc) is 3.45. The van der Waals surface area contributed by atoms with Crippen molar-refractivity contribution in [1.82, 2.24) is 15.5 Å². The van der Waals surface area contributed by atoms with Gasteiger partial charge in [0.2, 0.25) is 24.1 Å². The highest BCUT2D eigenvalue weighted by Crippen LogP contribution is 2.46. The second kappa shape index (κ2) is 14.7. The summed E-state index contributed by atoms with van der Waals surface area (Å²) in [6.45, 7) is 14.3. The summed E-state index contributed by atoms with van der Waals surface area (Å²) in [5, 5.41) is 5.28. The lowest BCUT2D eigenvalue weighted by molar-refractivity contribution is -0.167. The summed E-state index contributed by atoms with van der Waals surface area (Å²) in [4.78, 5) is 54.8. The van der Waals surface area contributed by atoms with Gasteiger partial charge in [-0.1, -0.05) is 34.6 Å². The molecule has 4 rings (SSSR count). The number of nitrogens with one attached hydrogen (secondary N) is 2. The second-order valence-electron chi connectivity index (χ2n) is 11.3. The molecule has 4 fully saturated rings. The molecule has 0 radical (unpaired) electrons. The van der Waals surface area contributed by atoms with Gasteiger partial charge >= 0.3 is 0 Å². The van der Waals surface area contributed by atoms with Gasteiger partial charge in [0.15, 0.2) is 0 Å². The van der Waals surface area contributed by atoms with Gasteiger partial charge in [-0.25, -0.2) is 8.78 Å². The van der Waals surface area contributed by atoms with Crippen molar-refractivity contribution in [2.24, 2.45) is 23.0 Å². The van der Waals surface area contributed by atoms with Gasteiger partial charge in [-0.15, -0.1) is 0 Å². The van der Waals surface area contributed by atoms with Crippen LogP contribution in [0.5, 0.6) is 0 Å². The fourth-order valence-corrected chi connectivity index (χ4v) is 4.96. The van der Waals surface area contributed by atoms with Crippen LogP contribution < -0.4 is 16.4 Å². The summed E-state index contributed by atoms with van der Waals surface area (Å²) in [5.74, 6) is -2.84. The second-order valence-corrected chi connectivity index (χ2v) is 11.3. The highest BCUT2D eigenvalue weighted by Gasteiger charge is 2.52. The van der Waals surface area contributed by atoms with E-state index < -0.39 is 17.9 Å². The monoisotopic (exact) mass is 560 g/mol. The summed E-state index contributed by atoms with van der Waals surface area (Å²) in [6.07, 6.45) is 3.04. The maximum atomic E-state index is 12.6. The highest BCUT2D eigenvalue weighted by atomic mass is 19.3. The van der Waals surface area contributed by atoms with Crippen molar-refractivity contribution in [1.29, 1.82) is 0 Å². The minimum atomic E-state index is -2.55. The fourth-order valence-electron chi connectivity index (χ4n) is 4.96. The molecule has 4 amide bonds. The Kier molecular flexibility index (Phi) is 12.9. The van der Waals surface area contributed by atoms with Crippen LogP contribution >= 0.6 is 0 Å². The first kappa shape index (κ1) is 34.4. The average molecular weight is 561 g/mol. The first-order valence-corrected chi connectivity index (χ1v) is 13.6. The van der Waals surface area contributed by atoms with Crippen LogP contribution in [0.1, 0.15) is 79.6 Å². The summed E-state index contributed by atoms with van der Waals surface area (Å²) in [7, 11) is 0. The molecule has 10 nitrogen and oxygen atoms in total. The van der Waals surface area contributed by atoms with Gasteiger partial charge in [-0.05, 0) is 37.0 Å². The molecule has 0 aromatic carbocycles. The number of nitrogens with zero attached hydrogens (tertiary/aromatic N) is 1. The van der Waals surface area contributed by atoms with E-state index in [0.29, 0.717) is 25.2 Å². The van der Waals surface area contributed by atoms with Crippen LogP contribution in [0, 0.1) is 17.3 Å². The van der Waals surface area contributed by atoms with Crippen molar-refractivity contribution in [2.75, 3.05) is 19.7 Å². The normalized spacial score (nSPS) is 25.7. The molecule has 12 heteroatoms. The van der Waals surface area contributed by atoms with E-state index in [1.54, 1.807) is 0 Å². The van der Waals surface area contributed by atoms with Crippen molar-refractivity contribution >= 4 is 30.9 Å². The Morgan fingerprint density at radius 3 is 2.23 bits per heavy atom. The third kappa shape index (κ3) is 10.1. The molecule has 2 saturated carbocycles. The number of halogens is 2. The zero-order valence-electron chi connectivity index (χ0n) is 23.9. The topological polar surface area (TPSA) is 148 Å². The van der Waals surface area contributed by atoms with Crippen LogP contribution in [0.15, 0.2) is 0 Å². The van der Waals surface area contributed by atoms with E-state index in [9.17, 15) is 28.0 Å². The summed E-state index contributed by atoms with van der Waals surface area (Å²) in [5.41, 5.74) is 5.29. The first-order valence-electron chi connectivity index (χ1n) is 13.6. The lowest BCUT2D eigenvalue weighted by Crippen LogP contribution is -2.42. The number of primary amides is 1. The van der Waals surface area contributed by atoms with Crippen LogP contribution in [-0.2, 0) is 28.7 Å². The lowest BCUT2D eigenvalue weighted by atomic mass is 9.84.